The third-order valence-electron chi connectivity index (χ3n) is 5.89. The van der Waals surface area contributed by atoms with Crippen LogP contribution in [0.15, 0.2) is 86.4 Å². The third kappa shape index (κ3) is 5.00. The maximum absolute atomic E-state index is 13.5. The Bertz CT molecular complexity index is 1440. The summed E-state index contributed by atoms with van der Waals surface area (Å²) >= 11 is 1.42. The first kappa shape index (κ1) is 24.1. The Labute approximate surface area is 213 Å². The monoisotopic (exact) mass is 523 g/mol. The van der Waals surface area contributed by atoms with E-state index < -0.39 is 9.84 Å². The Morgan fingerprint density at radius 2 is 1.81 bits per heavy atom. The summed E-state index contributed by atoms with van der Waals surface area (Å²) in [5.74, 6) is 0.996. The maximum Gasteiger partial charge on any atom is 0.260 e. The molecule has 0 saturated carbocycles. The Kier molecular flexibility index (Phi) is 6.80. The van der Waals surface area contributed by atoms with Gasteiger partial charge in [-0.15, -0.1) is 11.3 Å². The number of carbonyl (C=O) groups is 1. The first-order valence-corrected chi connectivity index (χ1v) is 13.8. The first-order valence-electron chi connectivity index (χ1n) is 11.5. The summed E-state index contributed by atoms with van der Waals surface area (Å²) in [6.07, 6.45) is 0. The lowest BCUT2D eigenvalue weighted by atomic mass is 10.2. The number of hydrogen-bond acceptors (Lipinski definition) is 8. The summed E-state index contributed by atoms with van der Waals surface area (Å²) in [7, 11) is -3.90. The molecule has 0 aliphatic carbocycles. The van der Waals surface area contributed by atoms with Crippen LogP contribution in [0.5, 0.6) is 5.75 Å². The fourth-order valence-electron chi connectivity index (χ4n) is 3.99. The minimum absolute atomic E-state index is 0.0536. The lowest BCUT2D eigenvalue weighted by molar-refractivity contribution is -0.133. The standard InChI is InChI=1S/C26H25N3O5S2/c1-19-7-5-8-20(17-19)33-18-23(30)28-12-14-29(15-13-28)26-25(27-24(34-26)22-11-6-16-35-22)36(31,32)21-9-3-2-4-10-21/h2-11,16-17H,12-15,18H2,1H3. The van der Waals surface area contributed by atoms with E-state index in [0.29, 0.717) is 31.9 Å². The number of ether oxygens (including phenoxy) is 1. The molecule has 0 bridgehead atoms. The van der Waals surface area contributed by atoms with Crippen LogP contribution in [0.4, 0.5) is 5.88 Å². The Morgan fingerprint density at radius 1 is 1.03 bits per heavy atom. The van der Waals surface area contributed by atoms with Crippen LogP contribution in [0.25, 0.3) is 10.8 Å². The van der Waals surface area contributed by atoms with Gasteiger partial charge in [0.25, 0.3) is 5.91 Å². The van der Waals surface area contributed by atoms with Crippen molar-refractivity contribution < 1.29 is 22.4 Å². The molecule has 186 valence electrons. The SMILES string of the molecule is Cc1cccc(OCC(=O)N2CCN(c3oc(-c4cccs4)nc3S(=O)(=O)c3ccccc3)CC2)c1. The minimum Gasteiger partial charge on any atom is -0.484 e. The second kappa shape index (κ2) is 10.2. The van der Waals surface area contributed by atoms with Crippen molar-refractivity contribution in [1.82, 2.24) is 9.88 Å². The Hall–Kier alpha value is -3.63. The molecule has 0 spiro atoms. The predicted molar refractivity (Wildman–Crippen MR) is 137 cm³/mol. The number of rotatable bonds is 7. The molecule has 2 aromatic carbocycles. The number of sulfone groups is 1. The number of benzene rings is 2. The van der Waals surface area contributed by atoms with Gasteiger partial charge in [-0.2, -0.15) is 4.98 Å². The Balaban J connectivity index is 1.33. The quantitative estimate of drug-likeness (QED) is 0.357. The minimum atomic E-state index is -3.90. The van der Waals surface area contributed by atoms with Crippen LogP contribution in [-0.4, -0.2) is 57.0 Å². The third-order valence-corrected chi connectivity index (χ3v) is 8.42. The van der Waals surface area contributed by atoms with Crippen molar-refractivity contribution in [1.29, 1.82) is 0 Å². The maximum atomic E-state index is 13.5. The van der Waals surface area contributed by atoms with E-state index in [2.05, 4.69) is 4.98 Å². The average molecular weight is 524 g/mol. The van der Waals surface area contributed by atoms with E-state index >= 15 is 0 Å². The molecular formula is C26H25N3O5S2. The van der Waals surface area contributed by atoms with Gasteiger partial charge in [0.2, 0.25) is 26.6 Å². The molecule has 1 aliphatic heterocycles. The molecule has 8 nitrogen and oxygen atoms in total. The molecule has 36 heavy (non-hydrogen) atoms. The van der Waals surface area contributed by atoms with Crippen LogP contribution in [-0.2, 0) is 14.6 Å². The van der Waals surface area contributed by atoms with Crippen LogP contribution < -0.4 is 9.64 Å². The number of aromatic nitrogens is 1. The zero-order chi connectivity index (χ0) is 25.1. The molecule has 5 rings (SSSR count). The molecular weight excluding hydrogens is 498 g/mol. The van der Waals surface area contributed by atoms with Gasteiger partial charge in [0.15, 0.2) is 6.61 Å². The number of thiophene rings is 1. The van der Waals surface area contributed by atoms with E-state index in [-0.39, 0.29) is 34.2 Å². The smallest absolute Gasteiger partial charge is 0.260 e. The lowest BCUT2D eigenvalue weighted by Crippen LogP contribution is -2.50. The van der Waals surface area contributed by atoms with Gasteiger partial charge in [-0.25, -0.2) is 8.42 Å². The normalized spacial score (nSPS) is 14.1. The number of nitrogens with zero attached hydrogens (tertiary/aromatic N) is 3. The van der Waals surface area contributed by atoms with Crippen molar-refractivity contribution in [2.24, 2.45) is 0 Å². The predicted octanol–water partition coefficient (Wildman–Crippen LogP) is 4.27. The van der Waals surface area contributed by atoms with Gasteiger partial charge in [-0.05, 0) is 48.2 Å². The zero-order valence-corrected chi connectivity index (χ0v) is 21.3. The highest BCUT2D eigenvalue weighted by atomic mass is 32.2. The van der Waals surface area contributed by atoms with E-state index in [9.17, 15) is 13.2 Å². The van der Waals surface area contributed by atoms with Crippen molar-refractivity contribution in [3.63, 3.8) is 0 Å². The topological polar surface area (TPSA) is 92.9 Å². The fourth-order valence-corrected chi connectivity index (χ4v) is 5.98. The number of carbonyl (C=O) groups excluding carboxylic acids is 1. The van der Waals surface area contributed by atoms with Gasteiger partial charge in [0.1, 0.15) is 5.75 Å². The van der Waals surface area contributed by atoms with Gasteiger partial charge in [-0.1, -0.05) is 36.4 Å². The zero-order valence-electron chi connectivity index (χ0n) is 19.7. The number of anilines is 1. The van der Waals surface area contributed by atoms with Gasteiger partial charge in [0.05, 0.1) is 9.77 Å². The summed E-state index contributed by atoms with van der Waals surface area (Å²) in [6, 6.07) is 19.5. The van der Waals surface area contributed by atoms with Crippen molar-refractivity contribution in [3.8, 4) is 16.5 Å². The highest BCUT2D eigenvalue weighted by molar-refractivity contribution is 7.91. The average Bonchev–Trinajstić information content (AvgIpc) is 3.59. The van der Waals surface area contributed by atoms with Crippen LogP contribution >= 0.6 is 11.3 Å². The van der Waals surface area contributed by atoms with E-state index in [1.165, 1.54) is 11.3 Å². The first-order chi connectivity index (χ1) is 17.4. The molecule has 0 N–H and O–H groups in total. The van der Waals surface area contributed by atoms with E-state index in [1.54, 1.807) is 35.2 Å². The van der Waals surface area contributed by atoms with Crippen LogP contribution in [0.2, 0.25) is 0 Å². The molecule has 1 saturated heterocycles. The highest BCUT2D eigenvalue weighted by Gasteiger charge is 2.33. The summed E-state index contributed by atoms with van der Waals surface area (Å²) in [5.41, 5.74) is 1.06. The highest BCUT2D eigenvalue weighted by Crippen LogP contribution is 2.36. The molecule has 0 unspecified atom stereocenters. The summed E-state index contributed by atoms with van der Waals surface area (Å²) in [5, 5.41) is 1.77. The van der Waals surface area contributed by atoms with Crippen LogP contribution in [0, 0.1) is 6.92 Å². The number of hydrogen-bond donors (Lipinski definition) is 0. The van der Waals surface area contributed by atoms with Crippen LogP contribution in [0.1, 0.15) is 5.56 Å². The molecule has 3 heterocycles. The lowest BCUT2D eigenvalue weighted by Gasteiger charge is -2.34. The Morgan fingerprint density at radius 3 is 2.50 bits per heavy atom. The van der Waals surface area contributed by atoms with Crippen molar-refractivity contribution in [2.45, 2.75) is 16.8 Å². The van der Waals surface area contributed by atoms with Crippen LogP contribution in [0.3, 0.4) is 0 Å². The second-order valence-corrected chi connectivity index (χ2v) is 11.2. The number of oxazole rings is 1. The van der Waals surface area contributed by atoms with Gasteiger partial charge >= 0.3 is 0 Å². The number of amides is 1. The van der Waals surface area contributed by atoms with Crippen molar-refractivity contribution in [2.75, 3.05) is 37.7 Å². The molecule has 0 atom stereocenters. The number of aryl methyl sites for hydroxylation is 1. The summed E-state index contributed by atoms with van der Waals surface area (Å²) in [6.45, 7) is 3.56. The van der Waals surface area contributed by atoms with Gasteiger partial charge < -0.3 is 19.0 Å². The molecule has 1 aliphatic rings. The molecule has 0 radical (unpaired) electrons. The van der Waals surface area contributed by atoms with E-state index in [4.69, 9.17) is 9.15 Å². The molecule has 10 heteroatoms. The summed E-state index contributed by atoms with van der Waals surface area (Å²) in [4.78, 5) is 21.6. The molecule has 2 aromatic heterocycles. The fraction of sp³-hybridized carbons (Fsp3) is 0.231. The van der Waals surface area contributed by atoms with Gasteiger partial charge in [-0.3, -0.25) is 4.79 Å². The number of piperazine rings is 1. The molecule has 1 amide bonds. The second-order valence-electron chi connectivity index (χ2n) is 8.40. The molecule has 1 fully saturated rings. The summed E-state index contributed by atoms with van der Waals surface area (Å²) < 4.78 is 38.6. The largest absolute Gasteiger partial charge is 0.484 e. The van der Waals surface area contributed by atoms with E-state index in [1.807, 2.05) is 53.6 Å². The van der Waals surface area contributed by atoms with Crippen molar-refractivity contribution >= 4 is 33.0 Å². The molecule has 4 aromatic rings. The van der Waals surface area contributed by atoms with Gasteiger partial charge in [0, 0.05) is 26.2 Å². The van der Waals surface area contributed by atoms with Crippen molar-refractivity contribution in [3.05, 3.63) is 77.7 Å². The van der Waals surface area contributed by atoms with E-state index in [0.717, 1.165) is 10.4 Å².